The maximum atomic E-state index is 12.2. The first-order valence-electron chi connectivity index (χ1n) is 6.41. The molecule has 0 bridgehead atoms. The van der Waals surface area contributed by atoms with Crippen LogP contribution in [-0.4, -0.2) is 38.6 Å². The quantitative estimate of drug-likeness (QED) is 0.831. The minimum atomic E-state index is -0.434. The second-order valence-electron chi connectivity index (χ2n) is 4.84. The molecule has 3 rings (SSSR count). The molecule has 2 N–H and O–H groups in total. The van der Waals surface area contributed by atoms with E-state index in [0.717, 1.165) is 12.8 Å². The average molecular weight is 293 g/mol. The average Bonchev–Trinajstić information content (AvgIpc) is 3.17. The van der Waals surface area contributed by atoms with Gasteiger partial charge in [-0.2, -0.15) is 4.98 Å². The number of methoxy groups -OCH3 is 1. The van der Waals surface area contributed by atoms with E-state index in [1.54, 1.807) is 11.5 Å². The lowest BCUT2D eigenvalue weighted by Crippen LogP contribution is -2.32. The van der Waals surface area contributed by atoms with Gasteiger partial charge in [-0.3, -0.25) is 9.36 Å². The van der Waals surface area contributed by atoms with E-state index in [0.29, 0.717) is 27.9 Å². The summed E-state index contributed by atoms with van der Waals surface area (Å²) in [6.45, 7) is 1.80. The van der Waals surface area contributed by atoms with E-state index in [1.807, 2.05) is 0 Å². The number of nitrogens with one attached hydrogen (secondary N) is 2. The van der Waals surface area contributed by atoms with Gasteiger partial charge in [0, 0.05) is 6.04 Å². The SMILES string of the molecule is COc1ncnc2c1[nH]c(=S)n2C(C)C(=O)NC1CC1. The summed E-state index contributed by atoms with van der Waals surface area (Å²) in [5.74, 6) is 0.358. The molecule has 1 saturated carbocycles. The summed E-state index contributed by atoms with van der Waals surface area (Å²) < 4.78 is 7.28. The molecular formula is C12H15N5O2S. The lowest BCUT2D eigenvalue weighted by molar-refractivity contribution is -0.123. The number of hydrogen-bond acceptors (Lipinski definition) is 5. The highest BCUT2D eigenvalue weighted by Gasteiger charge is 2.27. The molecule has 1 amide bonds. The van der Waals surface area contributed by atoms with Gasteiger partial charge in [0.05, 0.1) is 7.11 Å². The number of rotatable bonds is 4. The number of carbonyl (C=O) groups excluding carboxylic acids is 1. The maximum Gasteiger partial charge on any atom is 0.243 e. The summed E-state index contributed by atoms with van der Waals surface area (Å²) in [6.07, 6.45) is 3.49. The zero-order chi connectivity index (χ0) is 14.3. The van der Waals surface area contributed by atoms with Crippen LogP contribution in [0.2, 0.25) is 0 Å². The summed E-state index contributed by atoms with van der Waals surface area (Å²) >= 11 is 5.29. The number of ether oxygens (including phenoxy) is 1. The van der Waals surface area contributed by atoms with Gasteiger partial charge in [0.2, 0.25) is 11.8 Å². The third-order valence-corrected chi connectivity index (χ3v) is 3.65. The molecule has 2 aromatic heterocycles. The van der Waals surface area contributed by atoms with Gasteiger partial charge in [-0.1, -0.05) is 0 Å². The molecular weight excluding hydrogens is 278 g/mol. The molecule has 0 aliphatic heterocycles. The summed E-state index contributed by atoms with van der Waals surface area (Å²) in [5.41, 5.74) is 1.17. The molecule has 0 saturated heterocycles. The Hall–Kier alpha value is -1.96. The first kappa shape index (κ1) is 13.0. The number of nitrogens with zero attached hydrogens (tertiary/aromatic N) is 3. The number of imidazole rings is 1. The van der Waals surface area contributed by atoms with Crippen molar-refractivity contribution in [2.75, 3.05) is 7.11 Å². The van der Waals surface area contributed by atoms with Gasteiger partial charge in [0.25, 0.3) is 0 Å². The van der Waals surface area contributed by atoms with E-state index in [1.165, 1.54) is 13.4 Å². The molecule has 1 aliphatic carbocycles. The molecule has 2 heterocycles. The van der Waals surface area contributed by atoms with Crippen molar-refractivity contribution < 1.29 is 9.53 Å². The Balaban J connectivity index is 2.04. The molecule has 106 valence electrons. The van der Waals surface area contributed by atoms with E-state index in [9.17, 15) is 4.79 Å². The topological polar surface area (TPSA) is 84.8 Å². The zero-order valence-electron chi connectivity index (χ0n) is 11.2. The fourth-order valence-electron chi connectivity index (χ4n) is 2.10. The number of carbonyl (C=O) groups is 1. The van der Waals surface area contributed by atoms with Crippen molar-refractivity contribution in [3.63, 3.8) is 0 Å². The highest BCUT2D eigenvalue weighted by molar-refractivity contribution is 7.71. The Bertz CT molecular complexity index is 718. The van der Waals surface area contributed by atoms with Crippen LogP contribution in [0.3, 0.4) is 0 Å². The monoisotopic (exact) mass is 293 g/mol. The number of fused-ring (bicyclic) bond motifs is 1. The molecule has 20 heavy (non-hydrogen) atoms. The van der Waals surface area contributed by atoms with E-state index in [2.05, 4.69) is 20.3 Å². The van der Waals surface area contributed by atoms with Crippen molar-refractivity contribution in [2.24, 2.45) is 0 Å². The van der Waals surface area contributed by atoms with Crippen molar-refractivity contribution in [3.05, 3.63) is 11.1 Å². The second-order valence-corrected chi connectivity index (χ2v) is 5.23. The fourth-order valence-corrected chi connectivity index (χ4v) is 2.44. The van der Waals surface area contributed by atoms with Crippen LogP contribution < -0.4 is 10.1 Å². The van der Waals surface area contributed by atoms with Gasteiger partial charge in [0.1, 0.15) is 17.9 Å². The maximum absolute atomic E-state index is 12.2. The van der Waals surface area contributed by atoms with Crippen LogP contribution in [0.15, 0.2) is 6.33 Å². The zero-order valence-corrected chi connectivity index (χ0v) is 12.0. The van der Waals surface area contributed by atoms with E-state index in [4.69, 9.17) is 17.0 Å². The van der Waals surface area contributed by atoms with Crippen molar-refractivity contribution in [1.82, 2.24) is 24.8 Å². The minimum absolute atomic E-state index is 0.0536. The Morgan fingerprint density at radius 3 is 3.00 bits per heavy atom. The van der Waals surface area contributed by atoms with Gasteiger partial charge in [-0.15, -0.1) is 0 Å². The lowest BCUT2D eigenvalue weighted by Gasteiger charge is -2.13. The van der Waals surface area contributed by atoms with Crippen LogP contribution in [0.5, 0.6) is 5.88 Å². The van der Waals surface area contributed by atoms with Gasteiger partial charge in [0.15, 0.2) is 10.4 Å². The van der Waals surface area contributed by atoms with Crippen LogP contribution in [-0.2, 0) is 4.79 Å². The lowest BCUT2D eigenvalue weighted by atomic mass is 10.3. The molecule has 1 fully saturated rings. The van der Waals surface area contributed by atoms with Gasteiger partial charge < -0.3 is 15.0 Å². The Kier molecular flexibility index (Phi) is 3.17. The third-order valence-electron chi connectivity index (χ3n) is 3.36. The predicted molar refractivity (Wildman–Crippen MR) is 75.1 cm³/mol. The summed E-state index contributed by atoms with van der Waals surface area (Å²) in [6, 6.07) is -0.120. The van der Waals surface area contributed by atoms with Crippen molar-refractivity contribution in [3.8, 4) is 5.88 Å². The summed E-state index contributed by atoms with van der Waals surface area (Å²) in [7, 11) is 1.53. The van der Waals surface area contributed by atoms with Crippen molar-refractivity contribution >= 4 is 29.3 Å². The van der Waals surface area contributed by atoms with E-state index >= 15 is 0 Å². The van der Waals surface area contributed by atoms with Gasteiger partial charge >= 0.3 is 0 Å². The number of aromatic nitrogens is 4. The van der Waals surface area contributed by atoms with Gasteiger partial charge in [-0.25, -0.2) is 4.98 Å². The first-order valence-corrected chi connectivity index (χ1v) is 6.82. The number of hydrogen-bond donors (Lipinski definition) is 2. The Morgan fingerprint density at radius 1 is 1.60 bits per heavy atom. The largest absolute Gasteiger partial charge is 0.479 e. The van der Waals surface area contributed by atoms with Crippen LogP contribution >= 0.6 is 12.2 Å². The normalized spacial score (nSPS) is 16.1. The molecule has 0 radical (unpaired) electrons. The van der Waals surface area contributed by atoms with Crippen LogP contribution in [0, 0.1) is 4.77 Å². The Morgan fingerprint density at radius 2 is 2.35 bits per heavy atom. The molecule has 8 heteroatoms. The van der Waals surface area contributed by atoms with E-state index in [-0.39, 0.29) is 5.91 Å². The molecule has 2 aromatic rings. The van der Waals surface area contributed by atoms with Crippen molar-refractivity contribution in [1.29, 1.82) is 0 Å². The molecule has 1 atom stereocenters. The highest BCUT2D eigenvalue weighted by Crippen LogP contribution is 2.24. The molecule has 1 unspecified atom stereocenters. The first-order chi connectivity index (χ1) is 9.61. The number of aromatic amines is 1. The smallest absolute Gasteiger partial charge is 0.243 e. The summed E-state index contributed by atoms with van der Waals surface area (Å²) in [5, 5.41) is 2.97. The number of amides is 1. The van der Waals surface area contributed by atoms with Crippen molar-refractivity contribution in [2.45, 2.75) is 31.8 Å². The minimum Gasteiger partial charge on any atom is -0.479 e. The molecule has 0 spiro atoms. The van der Waals surface area contributed by atoms with Crippen LogP contribution in [0.1, 0.15) is 25.8 Å². The molecule has 0 aromatic carbocycles. The van der Waals surface area contributed by atoms with Crippen LogP contribution in [0.25, 0.3) is 11.2 Å². The molecule has 7 nitrogen and oxygen atoms in total. The highest BCUT2D eigenvalue weighted by atomic mass is 32.1. The van der Waals surface area contributed by atoms with E-state index < -0.39 is 6.04 Å². The third kappa shape index (κ3) is 2.15. The van der Waals surface area contributed by atoms with Crippen LogP contribution in [0.4, 0.5) is 0 Å². The standard InChI is InChI=1S/C12H15N5O2S/c1-6(10(18)15-7-3-4-7)17-9-8(16-12(17)20)11(19-2)14-5-13-9/h5-7H,3-4H2,1-2H3,(H,15,18)(H,16,20). The second kappa shape index (κ2) is 4.86. The number of H-pyrrole nitrogens is 1. The Labute approximate surface area is 120 Å². The summed E-state index contributed by atoms with van der Waals surface area (Å²) in [4.78, 5) is 23.4. The molecule has 1 aliphatic rings. The van der Waals surface area contributed by atoms with Gasteiger partial charge in [-0.05, 0) is 32.0 Å². The fraction of sp³-hybridized carbons (Fsp3) is 0.500. The predicted octanol–water partition coefficient (Wildman–Crippen LogP) is 1.34.